The van der Waals surface area contributed by atoms with Crippen molar-refractivity contribution in [1.82, 2.24) is 34.3 Å². The molecular formula is C26H25N9O. The van der Waals surface area contributed by atoms with Gasteiger partial charge in [-0.1, -0.05) is 37.1 Å². The molecule has 180 valence electrons. The van der Waals surface area contributed by atoms with Crippen LogP contribution < -0.4 is 17.0 Å². The number of para-hydroxylation sites is 1. The molecule has 0 aliphatic rings. The summed E-state index contributed by atoms with van der Waals surface area (Å²) in [6.07, 6.45) is 3.54. The summed E-state index contributed by atoms with van der Waals surface area (Å²) in [6, 6.07) is 15.2. The van der Waals surface area contributed by atoms with E-state index in [4.69, 9.17) is 11.5 Å². The van der Waals surface area contributed by atoms with Gasteiger partial charge in [0.1, 0.15) is 35.7 Å². The lowest BCUT2D eigenvalue weighted by Gasteiger charge is -2.13. The fraction of sp³-hybridized carbons (Fsp3) is 0.154. The lowest BCUT2D eigenvalue weighted by atomic mass is 10.1. The first kappa shape index (κ1) is 24.1. The summed E-state index contributed by atoms with van der Waals surface area (Å²) < 4.78 is 3.24. The van der Waals surface area contributed by atoms with Gasteiger partial charge in [0.2, 0.25) is 0 Å². The number of nitrogens with zero attached hydrogens (tertiary/aromatic N) is 7. The van der Waals surface area contributed by atoms with Crippen LogP contribution in [-0.4, -0.2) is 34.3 Å². The van der Waals surface area contributed by atoms with Crippen LogP contribution in [0.25, 0.3) is 28.0 Å². The molecule has 36 heavy (non-hydrogen) atoms. The van der Waals surface area contributed by atoms with Gasteiger partial charge in [-0.2, -0.15) is 5.10 Å². The number of fused-ring (bicyclic) bond motifs is 1. The number of rotatable bonds is 3. The van der Waals surface area contributed by atoms with Gasteiger partial charge in [-0.25, -0.2) is 19.9 Å². The molecule has 0 aliphatic carbocycles. The van der Waals surface area contributed by atoms with Crippen molar-refractivity contribution in [3.63, 3.8) is 0 Å². The molecule has 0 amide bonds. The molecule has 5 rings (SSSR count). The number of hydrogen-bond donors (Lipinski definition) is 2. The van der Waals surface area contributed by atoms with E-state index in [1.165, 1.54) is 6.33 Å². The monoisotopic (exact) mass is 479 g/mol. The Bertz CT molecular complexity index is 1620. The Labute approximate surface area is 207 Å². The summed E-state index contributed by atoms with van der Waals surface area (Å²) in [7, 11) is 1.76. The van der Waals surface area contributed by atoms with Crippen LogP contribution in [0.15, 0.2) is 66.0 Å². The zero-order chi connectivity index (χ0) is 25.7. The van der Waals surface area contributed by atoms with Crippen LogP contribution >= 0.6 is 0 Å². The zero-order valence-corrected chi connectivity index (χ0v) is 20.2. The molecule has 0 unspecified atom stereocenters. The number of benzene rings is 2. The van der Waals surface area contributed by atoms with Crippen molar-refractivity contribution in [2.24, 2.45) is 7.05 Å². The molecule has 10 nitrogen and oxygen atoms in total. The quantitative estimate of drug-likeness (QED) is 0.376. The van der Waals surface area contributed by atoms with Gasteiger partial charge < -0.3 is 11.5 Å². The number of aromatic nitrogens is 7. The molecule has 10 heteroatoms. The Hall–Kier alpha value is -5.04. The fourth-order valence-corrected chi connectivity index (χ4v) is 3.69. The molecule has 0 atom stereocenters. The number of anilines is 2. The Morgan fingerprint density at radius 3 is 2.31 bits per heavy atom. The number of nitrogens with two attached hydrogens (primary N) is 2. The maximum Gasteiger partial charge on any atom is 0.267 e. The Kier molecular flexibility index (Phi) is 7.02. The Morgan fingerprint density at radius 1 is 0.972 bits per heavy atom. The van der Waals surface area contributed by atoms with E-state index >= 15 is 0 Å². The molecule has 0 spiro atoms. The normalized spacial score (nSPS) is 10.3. The van der Waals surface area contributed by atoms with Crippen molar-refractivity contribution in [1.29, 1.82) is 0 Å². The summed E-state index contributed by atoms with van der Waals surface area (Å²) in [4.78, 5) is 29.4. The molecule has 3 heterocycles. The van der Waals surface area contributed by atoms with Crippen molar-refractivity contribution in [3.8, 4) is 28.9 Å². The predicted octanol–water partition coefficient (Wildman–Crippen LogP) is 2.76. The van der Waals surface area contributed by atoms with Crippen molar-refractivity contribution in [2.75, 3.05) is 11.5 Å². The van der Waals surface area contributed by atoms with Gasteiger partial charge in [0, 0.05) is 19.0 Å². The van der Waals surface area contributed by atoms with Crippen LogP contribution in [0.2, 0.25) is 0 Å². The molecule has 0 bridgehead atoms. The van der Waals surface area contributed by atoms with Gasteiger partial charge in [0.05, 0.1) is 16.6 Å². The van der Waals surface area contributed by atoms with Crippen LogP contribution in [0.5, 0.6) is 0 Å². The third-order valence-electron chi connectivity index (χ3n) is 5.29. The van der Waals surface area contributed by atoms with Crippen LogP contribution in [0, 0.1) is 11.8 Å². The molecule has 0 saturated carbocycles. The van der Waals surface area contributed by atoms with Crippen LogP contribution in [0.1, 0.15) is 25.2 Å². The van der Waals surface area contributed by atoms with Gasteiger partial charge in [0.15, 0.2) is 5.82 Å². The first-order valence-corrected chi connectivity index (χ1v) is 11.2. The number of nitrogen functional groups attached to an aromatic ring is 2. The molecule has 3 aromatic heterocycles. The number of aryl methyl sites for hydroxylation is 2. The molecule has 5 aromatic rings. The van der Waals surface area contributed by atoms with E-state index in [9.17, 15) is 4.79 Å². The minimum absolute atomic E-state index is 0.0635. The van der Waals surface area contributed by atoms with Crippen molar-refractivity contribution >= 4 is 22.5 Å². The second-order valence-electron chi connectivity index (χ2n) is 7.69. The molecular weight excluding hydrogens is 454 g/mol. The highest BCUT2D eigenvalue weighted by Crippen LogP contribution is 2.24. The number of hydrogen-bond acceptors (Lipinski definition) is 8. The Balaban J connectivity index is 0.000000187. The van der Waals surface area contributed by atoms with E-state index in [-0.39, 0.29) is 17.2 Å². The van der Waals surface area contributed by atoms with E-state index in [2.05, 4.69) is 36.9 Å². The average molecular weight is 480 g/mol. The molecule has 0 aliphatic heterocycles. The average Bonchev–Trinajstić information content (AvgIpc) is 3.30. The minimum atomic E-state index is -0.0635. The third-order valence-corrected chi connectivity index (χ3v) is 5.29. The van der Waals surface area contributed by atoms with Crippen LogP contribution in [0.4, 0.5) is 11.6 Å². The smallest absolute Gasteiger partial charge is 0.267 e. The standard InChI is InChI=1S/C19H16N2O.C7H9N7/c1-3-9-14-10-8-13-16-18(14)19(22)21(17(4-2)20-16)15-11-6-5-7-12-15;1-14-3-12-7(13-14)4-5(8)10-2-11-6(4)9/h5-8,10-13H,4H2,1-2H3;2-3H,1H3,(H4,8,9,10,11). The first-order valence-electron chi connectivity index (χ1n) is 11.2. The van der Waals surface area contributed by atoms with Crippen LogP contribution in [0.3, 0.4) is 0 Å². The predicted molar refractivity (Wildman–Crippen MR) is 140 cm³/mol. The fourth-order valence-electron chi connectivity index (χ4n) is 3.69. The SMILES string of the molecule is CC#Cc1cccc2nc(CC)n(-c3ccccc3)c(=O)c12.Cn1cnc(-c2c(N)ncnc2N)n1. The van der Waals surface area contributed by atoms with Gasteiger partial charge in [-0.3, -0.25) is 14.0 Å². The van der Waals surface area contributed by atoms with E-state index < -0.39 is 0 Å². The van der Waals surface area contributed by atoms with Crippen molar-refractivity contribution in [3.05, 3.63) is 82.9 Å². The summed E-state index contributed by atoms with van der Waals surface area (Å²) in [5.41, 5.74) is 14.0. The first-order chi connectivity index (χ1) is 17.4. The van der Waals surface area contributed by atoms with E-state index in [1.54, 1.807) is 29.5 Å². The van der Waals surface area contributed by atoms with Crippen molar-refractivity contribution < 1.29 is 0 Å². The summed E-state index contributed by atoms with van der Waals surface area (Å²) in [5.74, 6) is 7.62. The second-order valence-corrected chi connectivity index (χ2v) is 7.69. The highest BCUT2D eigenvalue weighted by Gasteiger charge is 2.14. The molecule has 0 radical (unpaired) electrons. The zero-order valence-electron chi connectivity index (χ0n) is 20.2. The molecule has 2 aromatic carbocycles. The minimum Gasteiger partial charge on any atom is -0.383 e. The summed E-state index contributed by atoms with van der Waals surface area (Å²) in [6.45, 7) is 3.77. The molecule has 4 N–H and O–H groups in total. The van der Waals surface area contributed by atoms with Gasteiger partial charge in [-0.05, 0) is 31.2 Å². The molecule has 0 saturated heterocycles. The summed E-state index contributed by atoms with van der Waals surface area (Å²) >= 11 is 0. The maximum atomic E-state index is 13.1. The van der Waals surface area contributed by atoms with Crippen LogP contribution in [-0.2, 0) is 13.5 Å². The van der Waals surface area contributed by atoms with Gasteiger partial charge >= 0.3 is 0 Å². The second kappa shape index (κ2) is 10.5. The van der Waals surface area contributed by atoms with Crippen molar-refractivity contribution in [2.45, 2.75) is 20.3 Å². The lowest BCUT2D eigenvalue weighted by Crippen LogP contribution is -2.24. The van der Waals surface area contributed by atoms with E-state index in [0.29, 0.717) is 28.7 Å². The van der Waals surface area contributed by atoms with Gasteiger partial charge in [0.25, 0.3) is 5.56 Å². The Morgan fingerprint density at radius 2 is 1.69 bits per heavy atom. The summed E-state index contributed by atoms with van der Waals surface area (Å²) in [5, 5.41) is 4.65. The maximum absolute atomic E-state index is 13.1. The largest absolute Gasteiger partial charge is 0.383 e. The van der Waals surface area contributed by atoms with E-state index in [1.807, 2.05) is 55.5 Å². The lowest BCUT2D eigenvalue weighted by molar-refractivity contribution is 0.768. The van der Waals surface area contributed by atoms with E-state index in [0.717, 1.165) is 17.1 Å². The highest BCUT2D eigenvalue weighted by molar-refractivity contribution is 5.84. The molecule has 0 fully saturated rings. The third kappa shape index (κ3) is 4.76. The van der Waals surface area contributed by atoms with Gasteiger partial charge in [-0.15, -0.1) is 5.92 Å². The topological polar surface area (TPSA) is 143 Å². The highest BCUT2D eigenvalue weighted by atomic mass is 16.1.